The molecule has 0 saturated carbocycles. The van der Waals surface area contributed by atoms with Gasteiger partial charge in [0, 0.05) is 5.69 Å². The first-order valence-electron chi connectivity index (χ1n) is 5.69. The van der Waals surface area contributed by atoms with Gasteiger partial charge in [-0.3, -0.25) is 4.79 Å². The number of amides is 1. The van der Waals surface area contributed by atoms with Crippen LogP contribution in [-0.4, -0.2) is 12.5 Å². The maximum Gasteiger partial charge on any atom is 0.243 e. The normalized spacial score (nSPS) is 10.0. The summed E-state index contributed by atoms with van der Waals surface area (Å²) in [5, 5.41) is 5.82. The first-order valence-corrected chi connectivity index (χ1v) is 6.07. The zero-order chi connectivity index (χ0) is 13.7. The number of hydrogen-bond acceptors (Lipinski definition) is 2. The number of carbonyl (C=O) groups is 1. The molecule has 3 nitrogen and oxygen atoms in total. The number of halogens is 2. The van der Waals surface area contributed by atoms with Crippen LogP contribution in [0.5, 0.6) is 0 Å². The molecular weight excluding hydrogens is 267 g/mol. The van der Waals surface area contributed by atoms with Crippen molar-refractivity contribution in [3.63, 3.8) is 0 Å². The van der Waals surface area contributed by atoms with Crippen LogP contribution in [0, 0.1) is 5.82 Å². The Bertz CT molecular complexity index is 575. The summed E-state index contributed by atoms with van der Waals surface area (Å²) in [6.45, 7) is 0.0558. The van der Waals surface area contributed by atoms with E-state index in [0.717, 1.165) is 5.69 Å². The minimum Gasteiger partial charge on any atom is -0.375 e. The second kappa shape index (κ2) is 6.20. The fourth-order valence-electron chi connectivity index (χ4n) is 1.54. The number of anilines is 2. The summed E-state index contributed by atoms with van der Waals surface area (Å²) in [4.78, 5) is 11.7. The van der Waals surface area contributed by atoms with E-state index in [2.05, 4.69) is 10.6 Å². The van der Waals surface area contributed by atoms with Crippen molar-refractivity contribution in [1.29, 1.82) is 0 Å². The predicted octanol–water partition coefficient (Wildman–Crippen LogP) is 3.53. The van der Waals surface area contributed by atoms with Gasteiger partial charge < -0.3 is 10.6 Å². The van der Waals surface area contributed by atoms with Gasteiger partial charge in [-0.2, -0.15) is 0 Å². The molecule has 0 aliphatic carbocycles. The van der Waals surface area contributed by atoms with Crippen LogP contribution in [-0.2, 0) is 4.79 Å². The van der Waals surface area contributed by atoms with Gasteiger partial charge in [-0.1, -0.05) is 29.8 Å². The fraction of sp³-hybridized carbons (Fsp3) is 0.0714. The van der Waals surface area contributed by atoms with Crippen LogP contribution in [0.25, 0.3) is 0 Å². The number of nitrogens with one attached hydrogen (secondary N) is 2. The Labute approximate surface area is 115 Å². The molecule has 2 aromatic rings. The molecule has 2 rings (SSSR count). The quantitative estimate of drug-likeness (QED) is 0.898. The highest BCUT2D eigenvalue weighted by atomic mass is 35.5. The van der Waals surface area contributed by atoms with E-state index in [1.165, 1.54) is 18.2 Å². The summed E-state index contributed by atoms with van der Waals surface area (Å²) in [7, 11) is 0. The average Bonchev–Trinajstić information content (AvgIpc) is 2.39. The maximum absolute atomic E-state index is 12.8. The molecule has 0 aliphatic rings. The Morgan fingerprint density at radius 2 is 1.89 bits per heavy atom. The summed E-state index contributed by atoms with van der Waals surface area (Å²) >= 11 is 5.84. The largest absolute Gasteiger partial charge is 0.375 e. The maximum atomic E-state index is 12.8. The lowest BCUT2D eigenvalue weighted by Gasteiger charge is -2.09. The molecule has 2 aromatic carbocycles. The molecule has 0 aliphatic heterocycles. The van der Waals surface area contributed by atoms with Crippen LogP contribution >= 0.6 is 11.6 Å². The van der Waals surface area contributed by atoms with E-state index in [4.69, 9.17) is 11.6 Å². The van der Waals surface area contributed by atoms with E-state index >= 15 is 0 Å². The summed E-state index contributed by atoms with van der Waals surface area (Å²) in [6.07, 6.45) is 0. The second-order valence-corrected chi connectivity index (χ2v) is 4.30. The lowest BCUT2D eigenvalue weighted by atomic mass is 10.3. The standard InChI is InChI=1S/C14H12ClFN2O/c15-12-8-10(16)6-7-13(12)17-9-14(19)18-11-4-2-1-3-5-11/h1-8,17H,9H2,(H,18,19). The Kier molecular flexibility index (Phi) is 4.36. The smallest absolute Gasteiger partial charge is 0.243 e. The molecule has 98 valence electrons. The number of rotatable bonds is 4. The highest BCUT2D eigenvalue weighted by Crippen LogP contribution is 2.22. The summed E-state index contributed by atoms with van der Waals surface area (Å²) in [5.74, 6) is -0.615. The van der Waals surface area contributed by atoms with Crippen LogP contribution in [0.1, 0.15) is 0 Å². The number of para-hydroxylation sites is 1. The third kappa shape index (κ3) is 3.96. The molecule has 0 aromatic heterocycles. The first kappa shape index (κ1) is 13.4. The van der Waals surface area contributed by atoms with Crippen molar-refractivity contribution in [3.8, 4) is 0 Å². The van der Waals surface area contributed by atoms with Gasteiger partial charge in [0.25, 0.3) is 0 Å². The lowest BCUT2D eigenvalue weighted by molar-refractivity contribution is -0.114. The topological polar surface area (TPSA) is 41.1 Å². The van der Waals surface area contributed by atoms with Gasteiger partial charge in [-0.15, -0.1) is 0 Å². The van der Waals surface area contributed by atoms with Crippen LogP contribution in [0.2, 0.25) is 5.02 Å². The van der Waals surface area contributed by atoms with Crippen molar-refractivity contribution >= 4 is 28.9 Å². The number of benzene rings is 2. The fourth-order valence-corrected chi connectivity index (χ4v) is 1.77. The molecule has 0 fully saturated rings. The van der Waals surface area contributed by atoms with Gasteiger partial charge in [0.1, 0.15) is 5.82 Å². The van der Waals surface area contributed by atoms with E-state index in [1.807, 2.05) is 18.2 Å². The van der Waals surface area contributed by atoms with Crippen molar-refractivity contribution in [2.45, 2.75) is 0 Å². The molecule has 0 radical (unpaired) electrons. The third-order valence-electron chi connectivity index (χ3n) is 2.43. The minimum absolute atomic E-state index is 0.0558. The predicted molar refractivity (Wildman–Crippen MR) is 75.0 cm³/mol. The summed E-state index contributed by atoms with van der Waals surface area (Å²) in [5.41, 5.74) is 1.24. The second-order valence-electron chi connectivity index (χ2n) is 3.89. The van der Waals surface area contributed by atoms with E-state index in [0.29, 0.717) is 5.69 Å². The monoisotopic (exact) mass is 278 g/mol. The molecule has 0 atom stereocenters. The highest BCUT2D eigenvalue weighted by molar-refractivity contribution is 6.33. The lowest BCUT2D eigenvalue weighted by Crippen LogP contribution is -2.21. The Morgan fingerprint density at radius 1 is 1.16 bits per heavy atom. The third-order valence-corrected chi connectivity index (χ3v) is 2.74. The average molecular weight is 279 g/mol. The summed E-state index contributed by atoms with van der Waals surface area (Å²) in [6, 6.07) is 13.1. The molecule has 0 saturated heterocycles. The van der Waals surface area contributed by atoms with Gasteiger partial charge in [-0.05, 0) is 30.3 Å². The van der Waals surface area contributed by atoms with Crippen LogP contribution < -0.4 is 10.6 Å². The Morgan fingerprint density at radius 3 is 2.58 bits per heavy atom. The number of hydrogen-bond donors (Lipinski definition) is 2. The van der Waals surface area contributed by atoms with Gasteiger partial charge in [0.15, 0.2) is 0 Å². The minimum atomic E-state index is -0.413. The van der Waals surface area contributed by atoms with E-state index in [1.54, 1.807) is 12.1 Å². The zero-order valence-corrected chi connectivity index (χ0v) is 10.7. The number of carbonyl (C=O) groups excluding carboxylic acids is 1. The molecule has 1 amide bonds. The molecule has 0 bridgehead atoms. The first-order chi connectivity index (χ1) is 9.15. The van der Waals surface area contributed by atoms with E-state index < -0.39 is 5.82 Å². The van der Waals surface area contributed by atoms with E-state index in [9.17, 15) is 9.18 Å². The van der Waals surface area contributed by atoms with Crippen molar-refractivity contribution in [3.05, 3.63) is 59.4 Å². The Balaban J connectivity index is 1.90. The van der Waals surface area contributed by atoms with E-state index in [-0.39, 0.29) is 17.5 Å². The van der Waals surface area contributed by atoms with Crippen LogP contribution in [0.15, 0.2) is 48.5 Å². The van der Waals surface area contributed by atoms with Crippen molar-refractivity contribution < 1.29 is 9.18 Å². The van der Waals surface area contributed by atoms with Crippen molar-refractivity contribution in [2.75, 3.05) is 17.2 Å². The summed E-state index contributed by atoms with van der Waals surface area (Å²) < 4.78 is 12.8. The molecule has 5 heteroatoms. The van der Waals surface area contributed by atoms with Crippen molar-refractivity contribution in [1.82, 2.24) is 0 Å². The van der Waals surface area contributed by atoms with Gasteiger partial charge in [0.2, 0.25) is 5.91 Å². The molecule has 2 N–H and O–H groups in total. The molecular formula is C14H12ClFN2O. The van der Waals surface area contributed by atoms with Gasteiger partial charge in [-0.25, -0.2) is 4.39 Å². The molecule has 0 spiro atoms. The van der Waals surface area contributed by atoms with Crippen LogP contribution in [0.3, 0.4) is 0 Å². The van der Waals surface area contributed by atoms with Crippen LogP contribution in [0.4, 0.5) is 15.8 Å². The SMILES string of the molecule is O=C(CNc1ccc(F)cc1Cl)Nc1ccccc1. The molecule has 0 heterocycles. The zero-order valence-electron chi connectivity index (χ0n) is 9.99. The Hall–Kier alpha value is -2.07. The highest BCUT2D eigenvalue weighted by Gasteiger charge is 2.05. The molecule has 19 heavy (non-hydrogen) atoms. The van der Waals surface area contributed by atoms with Crippen molar-refractivity contribution in [2.24, 2.45) is 0 Å². The molecule has 0 unspecified atom stereocenters. The van der Waals surface area contributed by atoms with Gasteiger partial charge in [0.05, 0.1) is 17.3 Å². The van der Waals surface area contributed by atoms with Gasteiger partial charge >= 0.3 is 0 Å².